The van der Waals surface area contributed by atoms with Crippen LogP contribution in [-0.4, -0.2) is 25.1 Å². The lowest BCUT2D eigenvalue weighted by atomic mass is 9.77. The molecule has 4 heteroatoms. The molecule has 1 spiro atoms. The van der Waals surface area contributed by atoms with Crippen molar-refractivity contribution in [2.24, 2.45) is 4.99 Å². The van der Waals surface area contributed by atoms with Gasteiger partial charge >= 0.3 is 0 Å². The van der Waals surface area contributed by atoms with Crippen LogP contribution in [0, 0.1) is 6.92 Å². The predicted molar refractivity (Wildman–Crippen MR) is 139 cm³/mol. The van der Waals surface area contributed by atoms with Crippen molar-refractivity contribution < 1.29 is 9.47 Å². The predicted octanol–water partition coefficient (Wildman–Crippen LogP) is 6.82. The van der Waals surface area contributed by atoms with Crippen LogP contribution < -0.4 is 14.4 Å². The van der Waals surface area contributed by atoms with Crippen LogP contribution in [-0.2, 0) is 5.41 Å². The molecule has 4 nitrogen and oxygen atoms in total. The second-order valence-electron chi connectivity index (χ2n) is 9.65. The maximum Gasteiger partial charge on any atom is 0.229 e. The Kier molecular flexibility index (Phi) is 4.66. The maximum absolute atomic E-state index is 6.96. The fraction of sp³-hybridized carbons (Fsp3) is 0.233. The second-order valence-corrected chi connectivity index (χ2v) is 9.65. The summed E-state index contributed by atoms with van der Waals surface area (Å²) >= 11 is 0. The van der Waals surface area contributed by atoms with Gasteiger partial charge in [-0.1, -0.05) is 66.2 Å². The number of benzene rings is 4. The lowest BCUT2D eigenvalue weighted by Crippen LogP contribution is -2.62. The molecule has 34 heavy (non-hydrogen) atoms. The van der Waals surface area contributed by atoms with Crippen LogP contribution in [0.5, 0.6) is 11.5 Å². The Labute approximate surface area is 200 Å². The molecular weight excluding hydrogens is 420 g/mol. The van der Waals surface area contributed by atoms with Gasteiger partial charge in [-0.2, -0.15) is 0 Å². The Morgan fingerprint density at radius 3 is 2.56 bits per heavy atom. The highest BCUT2D eigenvalue weighted by atomic mass is 16.5. The van der Waals surface area contributed by atoms with Crippen LogP contribution >= 0.6 is 0 Å². The minimum atomic E-state index is -0.751. The Bertz CT molecular complexity index is 1410. The first-order chi connectivity index (χ1) is 16.5. The van der Waals surface area contributed by atoms with Crippen molar-refractivity contribution in [1.29, 1.82) is 0 Å². The minimum absolute atomic E-state index is 0.325. The number of aryl methyl sites for hydroxylation is 1. The third-order valence-electron chi connectivity index (χ3n) is 7.24. The van der Waals surface area contributed by atoms with Crippen molar-refractivity contribution in [3.63, 3.8) is 0 Å². The molecule has 0 saturated heterocycles. The molecule has 2 aliphatic rings. The summed E-state index contributed by atoms with van der Waals surface area (Å²) in [6, 6.07) is 29.1. The Morgan fingerprint density at radius 2 is 1.71 bits per heavy atom. The van der Waals surface area contributed by atoms with Gasteiger partial charge in [-0.15, -0.1) is 0 Å². The molecule has 6 rings (SSSR count). The quantitative estimate of drug-likeness (QED) is 0.344. The second kappa shape index (κ2) is 7.63. The lowest BCUT2D eigenvalue weighted by Gasteiger charge is -2.46. The van der Waals surface area contributed by atoms with Gasteiger partial charge in [-0.25, -0.2) is 0 Å². The average molecular weight is 449 g/mol. The van der Waals surface area contributed by atoms with Crippen LogP contribution in [0.4, 0.5) is 11.4 Å². The molecule has 0 amide bonds. The summed E-state index contributed by atoms with van der Waals surface area (Å²) in [6.07, 6.45) is 2.01. The summed E-state index contributed by atoms with van der Waals surface area (Å²) in [6.45, 7) is 7.85. The lowest BCUT2D eigenvalue weighted by molar-refractivity contribution is 0.0750. The van der Waals surface area contributed by atoms with Gasteiger partial charge < -0.3 is 14.4 Å². The number of hydrogen-bond donors (Lipinski definition) is 0. The first kappa shape index (κ1) is 20.8. The minimum Gasteiger partial charge on any atom is -0.492 e. The molecule has 0 saturated carbocycles. The molecule has 0 aliphatic carbocycles. The largest absolute Gasteiger partial charge is 0.492 e. The number of para-hydroxylation sites is 1. The highest BCUT2D eigenvalue weighted by Gasteiger charge is 2.59. The molecular formula is C30H28N2O2. The highest BCUT2D eigenvalue weighted by Crippen LogP contribution is 2.54. The fourth-order valence-electron chi connectivity index (χ4n) is 5.36. The van der Waals surface area contributed by atoms with Gasteiger partial charge in [-0.05, 0) is 56.0 Å². The van der Waals surface area contributed by atoms with E-state index in [4.69, 9.17) is 14.5 Å². The van der Waals surface area contributed by atoms with Crippen molar-refractivity contribution >= 4 is 28.4 Å². The topological polar surface area (TPSA) is 34.1 Å². The number of nitrogens with zero attached hydrogens (tertiary/aromatic N) is 2. The Balaban J connectivity index is 1.43. The molecule has 0 radical (unpaired) electrons. The molecule has 1 unspecified atom stereocenters. The number of rotatable bonds is 4. The van der Waals surface area contributed by atoms with E-state index < -0.39 is 5.72 Å². The zero-order valence-corrected chi connectivity index (χ0v) is 19.8. The standard InChI is InChI=1S/C30H28N2O2/c1-21-13-15-26-25(19-21)29(2,3)30(32(26)17-18-33-23-10-5-4-6-11-23)20-31-28-24-12-8-7-9-22(24)14-16-27(28)34-30/h4-16,19-20H,17-18H2,1-3H3. The number of aliphatic imine (C=N–C) groups is 1. The van der Waals surface area contributed by atoms with Gasteiger partial charge in [0, 0.05) is 11.1 Å². The first-order valence-corrected chi connectivity index (χ1v) is 11.8. The van der Waals surface area contributed by atoms with Gasteiger partial charge in [0.05, 0.1) is 18.2 Å². The number of ether oxygens (including phenoxy) is 2. The monoisotopic (exact) mass is 448 g/mol. The van der Waals surface area contributed by atoms with Crippen molar-refractivity contribution in [2.45, 2.75) is 31.9 Å². The summed E-state index contributed by atoms with van der Waals surface area (Å²) in [5.41, 5.74) is 3.49. The molecule has 170 valence electrons. The van der Waals surface area contributed by atoms with Gasteiger partial charge in [0.1, 0.15) is 23.8 Å². The molecule has 0 N–H and O–H groups in total. The zero-order chi connectivity index (χ0) is 23.3. The molecule has 4 aromatic rings. The summed E-state index contributed by atoms with van der Waals surface area (Å²) in [4.78, 5) is 7.37. The van der Waals surface area contributed by atoms with E-state index in [2.05, 4.69) is 74.2 Å². The molecule has 2 heterocycles. The average Bonchev–Trinajstić information content (AvgIpc) is 3.02. The molecule has 0 fully saturated rings. The molecule has 4 aromatic carbocycles. The maximum atomic E-state index is 6.96. The van der Waals surface area contributed by atoms with Crippen molar-refractivity contribution in [2.75, 3.05) is 18.1 Å². The molecule has 0 bridgehead atoms. The molecule has 0 aromatic heterocycles. The number of anilines is 1. The van der Waals surface area contributed by atoms with E-state index in [0.29, 0.717) is 13.2 Å². The van der Waals surface area contributed by atoms with Crippen molar-refractivity contribution in [3.8, 4) is 11.5 Å². The van der Waals surface area contributed by atoms with Crippen LogP contribution in [0.2, 0.25) is 0 Å². The fourth-order valence-corrected chi connectivity index (χ4v) is 5.36. The van der Waals surface area contributed by atoms with Crippen molar-refractivity contribution in [3.05, 3.63) is 96.1 Å². The number of hydrogen-bond acceptors (Lipinski definition) is 4. The zero-order valence-electron chi connectivity index (χ0n) is 19.8. The van der Waals surface area contributed by atoms with Gasteiger partial charge in [-0.3, -0.25) is 4.99 Å². The Hall–Kier alpha value is -3.79. The van der Waals surface area contributed by atoms with E-state index in [1.165, 1.54) is 16.8 Å². The Morgan fingerprint density at radius 1 is 0.912 bits per heavy atom. The van der Waals surface area contributed by atoms with E-state index in [9.17, 15) is 0 Å². The molecule has 1 atom stereocenters. The summed E-state index contributed by atoms with van der Waals surface area (Å²) in [5, 5.41) is 2.27. The summed E-state index contributed by atoms with van der Waals surface area (Å²) in [7, 11) is 0. The van der Waals surface area contributed by atoms with Crippen LogP contribution in [0.3, 0.4) is 0 Å². The number of fused-ring (bicyclic) bond motifs is 4. The van der Waals surface area contributed by atoms with E-state index in [1.807, 2.05) is 42.6 Å². The summed E-state index contributed by atoms with van der Waals surface area (Å²) in [5.74, 6) is 1.68. The normalized spacial score (nSPS) is 19.7. The van der Waals surface area contributed by atoms with Gasteiger partial charge in [0.15, 0.2) is 0 Å². The highest BCUT2D eigenvalue weighted by molar-refractivity contribution is 5.99. The third-order valence-corrected chi connectivity index (χ3v) is 7.24. The smallest absolute Gasteiger partial charge is 0.229 e. The van der Waals surface area contributed by atoms with E-state index >= 15 is 0 Å². The van der Waals surface area contributed by atoms with E-state index in [0.717, 1.165) is 28.0 Å². The van der Waals surface area contributed by atoms with Crippen molar-refractivity contribution in [1.82, 2.24) is 0 Å². The van der Waals surface area contributed by atoms with Gasteiger partial charge in [0.25, 0.3) is 0 Å². The van der Waals surface area contributed by atoms with Gasteiger partial charge in [0.2, 0.25) is 5.72 Å². The first-order valence-electron chi connectivity index (χ1n) is 11.8. The van der Waals surface area contributed by atoms with E-state index in [-0.39, 0.29) is 5.41 Å². The summed E-state index contributed by atoms with van der Waals surface area (Å²) < 4.78 is 13.1. The third kappa shape index (κ3) is 3.02. The SMILES string of the molecule is Cc1ccc2c(c1)C(C)(C)C1(C=Nc3c(ccc4ccccc34)O1)N2CCOc1ccccc1. The van der Waals surface area contributed by atoms with E-state index in [1.54, 1.807) is 0 Å². The van der Waals surface area contributed by atoms with Crippen LogP contribution in [0.25, 0.3) is 10.8 Å². The van der Waals surface area contributed by atoms with Crippen LogP contribution in [0.15, 0.2) is 89.9 Å². The van der Waals surface area contributed by atoms with Crippen LogP contribution in [0.1, 0.15) is 25.0 Å². The molecule has 2 aliphatic heterocycles.